The Kier molecular flexibility index (Phi) is 4.05. The number of hydrogen-bond acceptors (Lipinski definition) is 2. The minimum Gasteiger partial charge on any atom is -0.449 e. The molecule has 0 aromatic heterocycles. The number of amides is 1. The molecule has 0 N–H and O–H groups in total. The number of halogens is 1. The first kappa shape index (κ1) is 12.7. The van der Waals surface area contributed by atoms with Crippen molar-refractivity contribution in [3.63, 3.8) is 0 Å². The molecule has 0 radical (unpaired) electrons. The summed E-state index contributed by atoms with van der Waals surface area (Å²) in [4.78, 5) is 12.9. The lowest BCUT2D eigenvalue weighted by Crippen LogP contribution is -2.23. The van der Waals surface area contributed by atoms with E-state index >= 15 is 0 Å². The first-order valence-corrected chi connectivity index (χ1v) is 6.15. The summed E-state index contributed by atoms with van der Waals surface area (Å²) < 4.78 is 4.90. The summed E-state index contributed by atoms with van der Waals surface area (Å²) in [5.74, 6) is 0.134. The average molecular weight is 264 g/mol. The maximum absolute atomic E-state index is 11.5. The van der Waals surface area contributed by atoms with Crippen molar-refractivity contribution >= 4 is 17.7 Å². The van der Waals surface area contributed by atoms with Crippen molar-refractivity contribution in [1.82, 2.24) is 4.90 Å². The van der Waals surface area contributed by atoms with Gasteiger partial charge in [-0.25, -0.2) is 4.79 Å². The van der Waals surface area contributed by atoms with E-state index in [0.717, 1.165) is 5.56 Å². The Bertz CT molecular complexity index is 482. The predicted molar refractivity (Wildman–Crippen MR) is 71.3 cm³/mol. The summed E-state index contributed by atoms with van der Waals surface area (Å²) >= 11 is 5.95. The van der Waals surface area contributed by atoms with Crippen LogP contribution in [0.5, 0.6) is 0 Å². The molecule has 1 aliphatic rings. The molecule has 1 aliphatic heterocycles. The van der Waals surface area contributed by atoms with E-state index in [2.05, 4.69) is 0 Å². The number of ether oxygens (including phenoxy) is 1. The number of hydrogen-bond donors (Lipinski definition) is 0. The van der Waals surface area contributed by atoms with Crippen LogP contribution in [0.2, 0.25) is 5.02 Å². The molecule has 4 heteroatoms. The fourth-order valence-corrected chi connectivity index (χ4v) is 1.94. The molecule has 0 aliphatic carbocycles. The van der Waals surface area contributed by atoms with Crippen molar-refractivity contribution in [3.8, 4) is 0 Å². The average Bonchev–Trinajstić information content (AvgIpc) is 2.39. The van der Waals surface area contributed by atoms with Crippen molar-refractivity contribution in [2.45, 2.75) is 12.8 Å². The van der Waals surface area contributed by atoms with Gasteiger partial charge in [0.1, 0.15) is 0 Å². The normalized spacial score (nSPS) is 14.9. The van der Waals surface area contributed by atoms with Crippen molar-refractivity contribution in [2.75, 3.05) is 6.61 Å². The van der Waals surface area contributed by atoms with Crippen LogP contribution in [-0.4, -0.2) is 17.6 Å². The van der Waals surface area contributed by atoms with Crippen LogP contribution in [0.1, 0.15) is 18.4 Å². The summed E-state index contributed by atoms with van der Waals surface area (Å²) in [6.45, 7) is 2.15. The van der Waals surface area contributed by atoms with Crippen LogP contribution in [-0.2, 0) is 4.74 Å². The fourth-order valence-electron chi connectivity index (χ4n) is 1.74. The Morgan fingerprint density at radius 2 is 2.11 bits per heavy atom. The minimum atomic E-state index is -0.366. The highest BCUT2D eigenvalue weighted by Crippen LogP contribution is 2.25. The van der Waals surface area contributed by atoms with Gasteiger partial charge < -0.3 is 4.74 Å². The lowest BCUT2D eigenvalue weighted by atomic mass is 9.98. The van der Waals surface area contributed by atoms with Gasteiger partial charge in [0.2, 0.25) is 0 Å². The molecule has 18 heavy (non-hydrogen) atoms. The van der Waals surface area contributed by atoms with Gasteiger partial charge in [0.05, 0.1) is 6.61 Å². The molecule has 94 valence electrons. The molecule has 1 aromatic rings. The lowest BCUT2D eigenvalue weighted by molar-refractivity contribution is 0.133. The third-order valence-corrected chi connectivity index (χ3v) is 2.86. The Morgan fingerprint density at radius 3 is 2.72 bits per heavy atom. The lowest BCUT2D eigenvalue weighted by Gasteiger charge is -2.19. The molecule has 0 fully saturated rings. The van der Waals surface area contributed by atoms with E-state index in [9.17, 15) is 4.79 Å². The molecule has 3 nitrogen and oxygen atoms in total. The van der Waals surface area contributed by atoms with E-state index in [1.165, 1.54) is 4.90 Å². The zero-order chi connectivity index (χ0) is 13.0. The minimum absolute atomic E-state index is 0.134. The van der Waals surface area contributed by atoms with E-state index in [-0.39, 0.29) is 12.0 Å². The molecular formula is C14H14ClNO2. The molecule has 2 rings (SSSR count). The number of rotatable bonds is 2. The van der Waals surface area contributed by atoms with Crippen LogP contribution >= 0.6 is 11.6 Å². The number of benzene rings is 1. The molecule has 0 saturated heterocycles. The van der Waals surface area contributed by atoms with Crippen molar-refractivity contribution in [2.24, 2.45) is 0 Å². The topological polar surface area (TPSA) is 29.5 Å². The zero-order valence-corrected chi connectivity index (χ0v) is 10.8. The van der Waals surface area contributed by atoms with Crippen LogP contribution in [0, 0.1) is 0 Å². The van der Waals surface area contributed by atoms with E-state index in [0.29, 0.717) is 11.6 Å². The van der Waals surface area contributed by atoms with Crippen LogP contribution in [0.25, 0.3) is 0 Å². The van der Waals surface area contributed by atoms with Crippen molar-refractivity contribution in [3.05, 3.63) is 59.4 Å². The summed E-state index contributed by atoms with van der Waals surface area (Å²) in [6, 6.07) is 7.68. The second-order valence-corrected chi connectivity index (χ2v) is 4.31. The monoisotopic (exact) mass is 263 g/mol. The number of carbonyl (C=O) groups excluding carboxylic acids is 1. The third kappa shape index (κ3) is 2.93. The summed E-state index contributed by atoms with van der Waals surface area (Å²) in [5, 5.41) is 0.710. The summed E-state index contributed by atoms with van der Waals surface area (Å²) in [7, 11) is 0. The SMILES string of the molecule is CCOC(=O)N1C=CC(c2cccc(Cl)c2)C=C1. The van der Waals surface area contributed by atoms with Crippen LogP contribution in [0.4, 0.5) is 4.79 Å². The number of allylic oxidation sites excluding steroid dienone is 2. The Balaban J connectivity index is 2.07. The van der Waals surface area contributed by atoms with Gasteiger partial charge in [-0.05, 0) is 24.6 Å². The van der Waals surface area contributed by atoms with Crippen LogP contribution in [0.3, 0.4) is 0 Å². The molecule has 1 aromatic carbocycles. The van der Waals surface area contributed by atoms with E-state index in [4.69, 9.17) is 16.3 Å². The molecule has 1 heterocycles. The third-order valence-electron chi connectivity index (χ3n) is 2.62. The number of carbonyl (C=O) groups is 1. The maximum Gasteiger partial charge on any atom is 0.417 e. The van der Waals surface area contributed by atoms with E-state index in [1.807, 2.05) is 36.4 Å². The molecular weight excluding hydrogens is 250 g/mol. The molecule has 0 atom stereocenters. The zero-order valence-electron chi connectivity index (χ0n) is 10.0. The van der Waals surface area contributed by atoms with E-state index < -0.39 is 0 Å². The van der Waals surface area contributed by atoms with Gasteiger partial charge in [0.15, 0.2) is 0 Å². The first-order valence-electron chi connectivity index (χ1n) is 5.78. The summed E-state index contributed by atoms with van der Waals surface area (Å²) in [5.41, 5.74) is 1.10. The fraction of sp³-hybridized carbons (Fsp3) is 0.214. The van der Waals surface area contributed by atoms with Gasteiger partial charge in [-0.3, -0.25) is 4.90 Å². The second-order valence-electron chi connectivity index (χ2n) is 3.87. The molecule has 1 amide bonds. The highest BCUT2D eigenvalue weighted by molar-refractivity contribution is 6.30. The molecule has 0 saturated carbocycles. The highest BCUT2D eigenvalue weighted by atomic mass is 35.5. The molecule has 0 bridgehead atoms. The Morgan fingerprint density at radius 1 is 1.39 bits per heavy atom. The van der Waals surface area contributed by atoms with Crippen LogP contribution < -0.4 is 0 Å². The van der Waals surface area contributed by atoms with Crippen molar-refractivity contribution in [1.29, 1.82) is 0 Å². The number of nitrogens with zero attached hydrogens (tertiary/aromatic N) is 1. The van der Waals surface area contributed by atoms with Gasteiger partial charge in [0, 0.05) is 23.3 Å². The quantitative estimate of drug-likeness (QED) is 0.809. The van der Waals surface area contributed by atoms with Gasteiger partial charge >= 0.3 is 6.09 Å². The Hall–Kier alpha value is -1.74. The largest absolute Gasteiger partial charge is 0.449 e. The molecule has 0 spiro atoms. The molecule has 0 unspecified atom stereocenters. The maximum atomic E-state index is 11.5. The Labute approximate surface area is 111 Å². The van der Waals surface area contributed by atoms with Gasteiger partial charge in [0.25, 0.3) is 0 Å². The standard InChI is InChI=1S/C14H14ClNO2/c1-2-18-14(17)16-8-6-11(7-9-16)12-4-3-5-13(15)10-12/h3-11H,2H2,1H3. The van der Waals surface area contributed by atoms with Gasteiger partial charge in [-0.2, -0.15) is 0 Å². The van der Waals surface area contributed by atoms with Gasteiger partial charge in [-0.15, -0.1) is 0 Å². The van der Waals surface area contributed by atoms with E-state index in [1.54, 1.807) is 19.3 Å². The van der Waals surface area contributed by atoms with Gasteiger partial charge in [-0.1, -0.05) is 35.9 Å². The highest BCUT2D eigenvalue weighted by Gasteiger charge is 2.14. The predicted octanol–water partition coefficient (Wildman–Crippen LogP) is 3.92. The smallest absolute Gasteiger partial charge is 0.417 e. The first-order chi connectivity index (χ1) is 8.70. The van der Waals surface area contributed by atoms with Crippen LogP contribution in [0.15, 0.2) is 48.8 Å². The summed E-state index contributed by atoms with van der Waals surface area (Å²) in [6.07, 6.45) is 6.92. The second kappa shape index (κ2) is 5.74. The van der Waals surface area contributed by atoms with Crippen molar-refractivity contribution < 1.29 is 9.53 Å².